The van der Waals surface area contributed by atoms with Crippen LogP contribution < -0.4 is 0 Å². The molecule has 0 unspecified atom stereocenters. The van der Waals surface area contributed by atoms with Gasteiger partial charge in [0.25, 0.3) is 0 Å². The summed E-state index contributed by atoms with van der Waals surface area (Å²) in [7, 11) is 0. The van der Waals surface area contributed by atoms with Gasteiger partial charge in [0.15, 0.2) is 0 Å². The molecule has 0 aliphatic carbocycles. The van der Waals surface area contributed by atoms with E-state index in [0.717, 1.165) is 49.6 Å². The van der Waals surface area contributed by atoms with E-state index >= 15 is 0 Å². The fourth-order valence-corrected chi connectivity index (χ4v) is 4.91. The van der Waals surface area contributed by atoms with Crippen LogP contribution in [0.4, 0.5) is 8.78 Å². The van der Waals surface area contributed by atoms with Crippen molar-refractivity contribution in [2.24, 2.45) is 0 Å². The fraction of sp³-hybridized carbons (Fsp3) is 0.0323. The number of hydrogen-bond acceptors (Lipinski definition) is 4. The van der Waals surface area contributed by atoms with Crippen LogP contribution in [-0.4, -0.2) is 19.9 Å². The SMILES string of the molecule is Cc1cc(-c2ccc3ccc4ccc(F)nc4c3n2)ccc1-c1ccc2ccc3ccc(F)nc3c2n1. The van der Waals surface area contributed by atoms with Crippen molar-refractivity contribution in [2.45, 2.75) is 6.92 Å². The van der Waals surface area contributed by atoms with E-state index in [9.17, 15) is 8.78 Å². The van der Waals surface area contributed by atoms with Crippen LogP contribution >= 0.6 is 0 Å². The molecule has 0 atom stereocenters. The highest BCUT2D eigenvalue weighted by molar-refractivity contribution is 6.04. The monoisotopic (exact) mass is 484 g/mol. The number of aromatic nitrogens is 4. The summed E-state index contributed by atoms with van der Waals surface area (Å²) in [5.41, 5.74) is 6.91. The third-order valence-corrected chi connectivity index (χ3v) is 6.77. The Morgan fingerprint density at radius 3 is 1.43 bits per heavy atom. The molecular weight excluding hydrogens is 466 g/mol. The lowest BCUT2D eigenvalue weighted by Gasteiger charge is -2.11. The summed E-state index contributed by atoms with van der Waals surface area (Å²) in [6, 6.07) is 27.9. The van der Waals surface area contributed by atoms with Crippen LogP contribution in [0.3, 0.4) is 0 Å². The molecule has 0 bridgehead atoms. The Labute approximate surface area is 210 Å². The standard InChI is InChI=1S/C31H18F2N4/c1-17-16-22(24-12-7-18-2-4-20-9-14-26(32)36-30(20)28(18)34-24)6-11-23(17)25-13-8-19-3-5-21-10-15-27(33)37-31(21)29(19)35-25/h2-16H,1H3. The van der Waals surface area contributed by atoms with Crippen LogP contribution in [0.1, 0.15) is 5.56 Å². The van der Waals surface area contributed by atoms with E-state index in [4.69, 9.17) is 9.97 Å². The highest BCUT2D eigenvalue weighted by atomic mass is 19.1. The topological polar surface area (TPSA) is 51.6 Å². The Hall–Kier alpha value is -4.84. The molecule has 0 aliphatic heterocycles. The van der Waals surface area contributed by atoms with Crippen LogP contribution in [0.25, 0.3) is 66.1 Å². The maximum atomic E-state index is 13.9. The summed E-state index contributed by atoms with van der Waals surface area (Å²) in [5, 5.41) is 3.49. The largest absolute Gasteiger partial charge is 0.245 e. The van der Waals surface area contributed by atoms with Crippen LogP contribution in [0.5, 0.6) is 0 Å². The van der Waals surface area contributed by atoms with Crippen molar-refractivity contribution in [3.63, 3.8) is 0 Å². The van der Waals surface area contributed by atoms with Crippen molar-refractivity contribution in [1.82, 2.24) is 19.9 Å². The number of fused-ring (bicyclic) bond motifs is 6. The maximum absolute atomic E-state index is 13.9. The number of nitrogens with zero attached hydrogens (tertiary/aromatic N) is 4. The van der Waals surface area contributed by atoms with Crippen molar-refractivity contribution in [3.05, 3.63) is 108 Å². The molecule has 0 saturated carbocycles. The van der Waals surface area contributed by atoms with Gasteiger partial charge in [-0.1, -0.05) is 48.5 Å². The third kappa shape index (κ3) is 3.57. The van der Waals surface area contributed by atoms with Crippen molar-refractivity contribution >= 4 is 43.6 Å². The highest BCUT2D eigenvalue weighted by Crippen LogP contribution is 2.31. The number of pyridine rings is 4. The molecular formula is C31H18F2N4. The summed E-state index contributed by atoms with van der Waals surface area (Å²) in [4.78, 5) is 17.9. The molecule has 0 radical (unpaired) electrons. The van der Waals surface area contributed by atoms with E-state index in [1.807, 2.05) is 67.6 Å². The summed E-state index contributed by atoms with van der Waals surface area (Å²) >= 11 is 0. The van der Waals surface area contributed by atoms with Gasteiger partial charge in [0.2, 0.25) is 11.9 Å². The molecule has 7 aromatic rings. The van der Waals surface area contributed by atoms with E-state index in [2.05, 4.69) is 16.0 Å². The summed E-state index contributed by atoms with van der Waals surface area (Å²) < 4.78 is 27.8. The average molecular weight is 485 g/mol. The fourth-order valence-electron chi connectivity index (χ4n) is 4.91. The van der Waals surface area contributed by atoms with Gasteiger partial charge in [-0.15, -0.1) is 0 Å². The molecule has 0 aliphatic rings. The molecule has 0 amide bonds. The molecule has 4 nitrogen and oxygen atoms in total. The summed E-state index contributed by atoms with van der Waals surface area (Å²) in [6.07, 6.45) is 0. The zero-order valence-corrected chi connectivity index (χ0v) is 19.7. The van der Waals surface area contributed by atoms with Crippen molar-refractivity contribution in [3.8, 4) is 22.5 Å². The van der Waals surface area contributed by atoms with Gasteiger partial charge in [0.05, 0.1) is 33.5 Å². The van der Waals surface area contributed by atoms with Crippen LogP contribution in [0, 0.1) is 18.8 Å². The summed E-state index contributed by atoms with van der Waals surface area (Å²) in [5.74, 6) is -1.05. The molecule has 0 fully saturated rings. The van der Waals surface area contributed by atoms with Crippen LogP contribution in [-0.2, 0) is 0 Å². The van der Waals surface area contributed by atoms with Gasteiger partial charge in [-0.3, -0.25) is 0 Å². The number of hydrogen-bond donors (Lipinski definition) is 0. The number of rotatable bonds is 2. The number of benzene rings is 3. The Balaban J connectivity index is 1.34. The first-order chi connectivity index (χ1) is 18.0. The Bertz CT molecular complexity index is 2040. The van der Waals surface area contributed by atoms with Crippen LogP contribution in [0.15, 0.2) is 91.0 Å². The lowest BCUT2D eigenvalue weighted by atomic mass is 9.99. The van der Waals surface area contributed by atoms with Gasteiger partial charge in [0, 0.05) is 32.7 Å². The smallest absolute Gasteiger partial charge is 0.213 e. The Morgan fingerprint density at radius 2 is 0.892 bits per heavy atom. The first kappa shape index (κ1) is 21.4. The quantitative estimate of drug-likeness (QED) is 0.186. The van der Waals surface area contributed by atoms with E-state index in [1.165, 1.54) is 12.1 Å². The van der Waals surface area contributed by atoms with Crippen molar-refractivity contribution in [2.75, 3.05) is 0 Å². The van der Waals surface area contributed by atoms with Gasteiger partial charge in [-0.25, -0.2) is 19.9 Å². The minimum atomic E-state index is -0.527. The van der Waals surface area contributed by atoms with Crippen molar-refractivity contribution in [1.29, 1.82) is 0 Å². The molecule has 0 spiro atoms. The zero-order chi connectivity index (χ0) is 25.1. The molecule has 4 heterocycles. The first-order valence-electron chi connectivity index (χ1n) is 11.9. The lowest BCUT2D eigenvalue weighted by Crippen LogP contribution is -1.93. The highest BCUT2D eigenvalue weighted by Gasteiger charge is 2.12. The van der Waals surface area contributed by atoms with Gasteiger partial charge in [-0.05, 0) is 55.0 Å². The average Bonchev–Trinajstić information content (AvgIpc) is 2.92. The number of halogens is 2. The minimum absolute atomic E-state index is 0.527. The van der Waals surface area contributed by atoms with Gasteiger partial charge in [-0.2, -0.15) is 8.78 Å². The maximum Gasteiger partial charge on any atom is 0.213 e. The molecule has 7 rings (SSSR count). The molecule has 176 valence electrons. The second-order valence-corrected chi connectivity index (χ2v) is 9.11. The summed E-state index contributed by atoms with van der Waals surface area (Å²) in [6.45, 7) is 2.03. The van der Waals surface area contributed by atoms with E-state index < -0.39 is 11.9 Å². The molecule has 6 heteroatoms. The van der Waals surface area contributed by atoms with Gasteiger partial charge < -0.3 is 0 Å². The van der Waals surface area contributed by atoms with E-state index in [0.29, 0.717) is 22.1 Å². The second kappa shape index (κ2) is 8.10. The second-order valence-electron chi connectivity index (χ2n) is 9.11. The Kier molecular flexibility index (Phi) is 4.69. The molecule has 0 saturated heterocycles. The lowest BCUT2D eigenvalue weighted by molar-refractivity contribution is 0.589. The van der Waals surface area contributed by atoms with Gasteiger partial charge >= 0.3 is 0 Å². The van der Waals surface area contributed by atoms with Crippen LogP contribution in [0.2, 0.25) is 0 Å². The first-order valence-corrected chi connectivity index (χ1v) is 11.9. The van der Waals surface area contributed by atoms with Gasteiger partial charge in [0.1, 0.15) is 0 Å². The van der Waals surface area contributed by atoms with Crippen molar-refractivity contribution < 1.29 is 8.78 Å². The predicted octanol–water partition coefficient (Wildman–Crippen LogP) is 7.80. The number of aryl methyl sites for hydroxylation is 1. The van der Waals surface area contributed by atoms with E-state index in [-0.39, 0.29) is 0 Å². The minimum Gasteiger partial charge on any atom is -0.245 e. The zero-order valence-electron chi connectivity index (χ0n) is 19.7. The molecule has 0 N–H and O–H groups in total. The predicted molar refractivity (Wildman–Crippen MR) is 143 cm³/mol. The Morgan fingerprint density at radius 1 is 0.459 bits per heavy atom. The third-order valence-electron chi connectivity index (χ3n) is 6.77. The normalized spacial score (nSPS) is 11.6. The molecule has 3 aromatic carbocycles. The molecule has 37 heavy (non-hydrogen) atoms. The molecule has 4 aromatic heterocycles. The van der Waals surface area contributed by atoms with E-state index in [1.54, 1.807) is 12.1 Å².